The van der Waals surface area contributed by atoms with Crippen LogP contribution in [0.1, 0.15) is 44.5 Å². The summed E-state index contributed by atoms with van der Waals surface area (Å²) in [6.07, 6.45) is 0.864. The molecule has 0 aliphatic carbocycles. The predicted octanol–water partition coefficient (Wildman–Crippen LogP) is 1.16. The van der Waals surface area contributed by atoms with Crippen molar-refractivity contribution >= 4 is 18.5 Å². The Hall–Kier alpha value is -1.37. The number of hydrogen-bond acceptors (Lipinski definition) is 4. The minimum atomic E-state index is -0.450. The third-order valence-corrected chi connectivity index (χ3v) is 5.17. The number of amides is 1. The van der Waals surface area contributed by atoms with Crippen LogP contribution in [-0.4, -0.2) is 48.3 Å². The van der Waals surface area contributed by atoms with E-state index in [9.17, 15) is 4.79 Å². The summed E-state index contributed by atoms with van der Waals surface area (Å²) >= 11 is 0. The second-order valence-electron chi connectivity index (χ2n) is 7.51. The number of nitrogens with two attached hydrogens (primary N) is 1. The van der Waals surface area contributed by atoms with Crippen molar-refractivity contribution in [2.45, 2.75) is 51.4 Å². The summed E-state index contributed by atoms with van der Waals surface area (Å²) < 4.78 is 12.1. The topological polar surface area (TPSA) is 64.8 Å². The molecule has 1 aromatic carbocycles. The van der Waals surface area contributed by atoms with Gasteiger partial charge < -0.3 is 19.9 Å². The lowest BCUT2D eigenvalue weighted by Crippen LogP contribution is -2.41. The molecule has 23 heavy (non-hydrogen) atoms. The number of rotatable bonds is 2. The van der Waals surface area contributed by atoms with Gasteiger partial charge in [-0.25, -0.2) is 0 Å². The molecule has 0 spiro atoms. The largest absolute Gasteiger partial charge is 0.494 e. The smallest absolute Gasteiger partial charge is 0.399 e. The highest BCUT2D eigenvalue weighted by Crippen LogP contribution is 2.36. The molecular formula is C17H25BN2O3. The normalized spacial score (nSPS) is 25.9. The van der Waals surface area contributed by atoms with Gasteiger partial charge in [0.15, 0.2) is 0 Å². The molecule has 1 amide bonds. The molecule has 2 saturated heterocycles. The van der Waals surface area contributed by atoms with Crippen molar-refractivity contribution in [1.29, 1.82) is 0 Å². The Bertz CT molecular complexity index is 602. The highest BCUT2D eigenvalue weighted by molar-refractivity contribution is 6.62. The molecule has 3 rings (SSSR count). The lowest BCUT2D eigenvalue weighted by Gasteiger charge is -2.32. The maximum atomic E-state index is 12.6. The van der Waals surface area contributed by atoms with Gasteiger partial charge in [0.1, 0.15) is 0 Å². The highest BCUT2D eigenvalue weighted by Gasteiger charge is 2.51. The van der Waals surface area contributed by atoms with Crippen LogP contribution in [0.4, 0.5) is 0 Å². The molecular weight excluding hydrogens is 291 g/mol. The molecule has 124 valence electrons. The van der Waals surface area contributed by atoms with E-state index < -0.39 is 7.12 Å². The summed E-state index contributed by atoms with van der Waals surface area (Å²) in [4.78, 5) is 14.4. The van der Waals surface area contributed by atoms with E-state index in [-0.39, 0.29) is 23.2 Å². The van der Waals surface area contributed by atoms with Gasteiger partial charge in [0.05, 0.1) is 11.2 Å². The van der Waals surface area contributed by atoms with Crippen molar-refractivity contribution in [3.8, 4) is 0 Å². The molecule has 0 radical (unpaired) electrons. The van der Waals surface area contributed by atoms with Crippen LogP contribution >= 0.6 is 0 Å². The van der Waals surface area contributed by atoms with Crippen LogP contribution in [0.3, 0.4) is 0 Å². The van der Waals surface area contributed by atoms with E-state index in [1.807, 2.05) is 56.9 Å². The predicted molar refractivity (Wildman–Crippen MR) is 90.7 cm³/mol. The molecule has 6 heteroatoms. The van der Waals surface area contributed by atoms with Gasteiger partial charge in [-0.15, -0.1) is 0 Å². The minimum Gasteiger partial charge on any atom is -0.399 e. The number of carbonyl (C=O) groups excluding carboxylic acids is 1. The molecule has 1 aromatic rings. The Morgan fingerprint density at radius 1 is 1.26 bits per heavy atom. The Balaban J connectivity index is 1.80. The monoisotopic (exact) mass is 316 g/mol. The van der Waals surface area contributed by atoms with E-state index in [0.29, 0.717) is 12.1 Å². The van der Waals surface area contributed by atoms with E-state index in [0.717, 1.165) is 18.4 Å². The molecule has 5 nitrogen and oxygen atoms in total. The summed E-state index contributed by atoms with van der Waals surface area (Å²) in [5, 5.41) is 0. The molecule has 2 heterocycles. The SMILES string of the molecule is CC1(C)OB(c2cccc(C(=O)N3CC[C@H](N)C3)c2)OC1(C)C. The third kappa shape index (κ3) is 3.03. The first-order valence-corrected chi connectivity index (χ1v) is 8.20. The number of hydrogen-bond donors (Lipinski definition) is 1. The highest BCUT2D eigenvalue weighted by atomic mass is 16.7. The van der Waals surface area contributed by atoms with Gasteiger partial charge in [-0.3, -0.25) is 4.79 Å². The van der Waals surface area contributed by atoms with E-state index in [2.05, 4.69) is 0 Å². The second kappa shape index (κ2) is 5.62. The average Bonchev–Trinajstić information content (AvgIpc) is 3.00. The number of likely N-dealkylation sites (tertiary alicyclic amines) is 1. The van der Waals surface area contributed by atoms with Crippen LogP contribution in [0.2, 0.25) is 0 Å². The van der Waals surface area contributed by atoms with E-state index in [1.54, 1.807) is 0 Å². The minimum absolute atomic E-state index is 0.0244. The number of nitrogens with zero attached hydrogens (tertiary/aromatic N) is 1. The first-order valence-electron chi connectivity index (χ1n) is 8.20. The van der Waals surface area contributed by atoms with Crippen molar-refractivity contribution < 1.29 is 14.1 Å². The maximum absolute atomic E-state index is 12.6. The average molecular weight is 316 g/mol. The van der Waals surface area contributed by atoms with Gasteiger partial charge in [-0.1, -0.05) is 12.1 Å². The fraction of sp³-hybridized carbons (Fsp3) is 0.588. The number of carbonyl (C=O) groups is 1. The van der Waals surface area contributed by atoms with Gasteiger partial charge in [0.2, 0.25) is 0 Å². The Morgan fingerprint density at radius 3 is 2.48 bits per heavy atom. The van der Waals surface area contributed by atoms with Gasteiger partial charge >= 0.3 is 7.12 Å². The number of benzene rings is 1. The first kappa shape index (κ1) is 16.5. The Kier molecular flexibility index (Phi) is 4.03. The van der Waals surface area contributed by atoms with E-state index >= 15 is 0 Å². The zero-order valence-corrected chi connectivity index (χ0v) is 14.3. The molecule has 2 N–H and O–H groups in total. The summed E-state index contributed by atoms with van der Waals surface area (Å²) in [6, 6.07) is 7.61. The molecule has 2 aliphatic heterocycles. The van der Waals surface area contributed by atoms with Crippen molar-refractivity contribution in [3.05, 3.63) is 29.8 Å². The fourth-order valence-corrected chi connectivity index (χ4v) is 2.95. The third-order valence-electron chi connectivity index (χ3n) is 5.17. The zero-order valence-electron chi connectivity index (χ0n) is 14.3. The molecule has 2 aliphatic rings. The van der Waals surface area contributed by atoms with Crippen LogP contribution < -0.4 is 11.2 Å². The lowest BCUT2D eigenvalue weighted by molar-refractivity contribution is 0.00578. The van der Waals surface area contributed by atoms with Crippen molar-refractivity contribution in [3.63, 3.8) is 0 Å². The van der Waals surface area contributed by atoms with Crippen LogP contribution in [-0.2, 0) is 9.31 Å². The van der Waals surface area contributed by atoms with Crippen molar-refractivity contribution in [2.75, 3.05) is 13.1 Å². The summed E-state index contributed by atoms with van der Waals surface area (Å²) in [7, 11) is -0.450. The van der Waals surface area contributed by atoms with Crippen LogP contribution in [0.25, 0.3) is 0 Å². The van der Waals surface area contributed by atoms with Gasteiger partial charge in [0, 0.05) is 24.7 Å². The van der Waals surface area contributed by atoms with Crippen molar-refractivity contribution in [1.82, 2.24) is 4.90 Å². The summed E-state index contributed by atoms with van der Waals surface area (Å²) in [6.45, 7) is 9.43. The van der Waals surface area contributed by atoms with Gasteiger partial charge in [-0.05, 0) is 51.7 Å². The molecule has 1 atom stereocenters. The summed E-state index contributed by atoms with van der Waals surface area (Å²) in [5.74, 6) is 0.0244. The first-order chi connectivity index (χ1) is 10.7. The molecule has 0 unspecified atom stereocenters. The molecule has 0 aromatic heterocycles. The van der Waals surface area contributed by atoms with Crippen molar-refractivity contribution in [2.24, 2.45) is 5.73 Å². The van der Waals surface area contributed by atoms with Gasteiger partial charge in [-0.2, -0.15) is 0 Å². The maximum Gasteiger partial charge on any atom is 0.494 e. The zero-order chi connectivity index (χ0) is 16.8. The summed E-state index contributed by atoms with van der Waals surface area (Å²) in [5.41, 5.74) is 6.65. The van der Waals surface area contributed by atoms with Crippen LogP contribution in [0.15, 0.2) is 24.3 Å². The molecule has 2 fully saturated rings. The molecule has 0 saturated carbocycles. The van der Waals surface area contributed by atoms with Gasteiger partial charge in [0.25, 0.3) is 5.91 Å². The molecule has 0 bridgehead atoms. The second-order valence-corrected chi connectivity index (χ2v) is 7.51. The van der Waals surface area contributed by atoms with Crippen LogP contribution in [0, 0.1) is 0 Å². The Labute approximate surface area is 138 Å². The lowest BCUT2D eigenvalue weighted by atomic mass is 9.78. The Morgan fingerprint density at radius 2 is 1.91 bits per heavy atom. The van der Waals surface area contributed by atoms with E-state index in [1.165, 1.54) is 0 Å². The fourth-order valence-electron chi connectivity index (χ4n) is 2.95. The standard InChI is InChI=1S/C17H25BN2O3/c1-16(2)17(3,4)23-18(22-16)13-7-5-6-12(10-13)15(21)20-9-8-14(19)11-20/h5-7,10,14H,8-9,11,19H2,1-4H3/t14-/m0/s1. The van der Waals surface area contributed by atoms with E-state index in [4.69, 9.17) is 15.0 Å². The van der Waals surface area contributed by atoms with Crippen LogP contribution in [0.5, 0.6) is 0 Å². The quantitative estimate of drug-likeness (QED) is 0.832.